The first kappa shape index (κ1) is 68.3. The van der Waals surface area contributed by atoms with E-state index in [0.29, 0.717) is 76.2 Å². The minimum absolute atomic E-state index is 0. The second kappa shape index (κ2) is 27.5. The van der Waals surface area contributed by atoms with E-state index in [9.17, 15) is 19.2 Å². The zero-order valence-corrected chi connectivity index (χ0v) is 57.6. The van der Waals surface area contributed by atoms with Crippen LogP contribution in [0.1, 0.15) is 218 Å². The van der Waals surface area contributed by atoms with Crippen molar-refractivity contribution in [2.45, 2.75) is 170 Å². The van der Waals surface area contributed by atoms with Gasteiger partial charge >= 0.3 is 0 Å². The fourth-order valence-corrected chi connectivity index (χ4v) is 14.9. The topological polar surface area (TPSA) is 187 Å². The van der Waals surface area contributed by atoms with Gasteiger partial charge in [0.05, 0.1) is 30.4 Å². The fraction of sp³-hybridized carbons (Fsp3) is 0.390. The summed E-state index contributed by atoms with van der Waals surface area (Å²) in [5, 5.41) is 23.9. The number of anilines is 2. The first-order valence-electron chi connectivity index (χ1n) is 34.2. The van der Waals surface area contributed by atoms with Crippen LogP contribution in [0.3, 0.4) is 0 Å². The number of carbonyl (C=O) groups is 4. The Bertz CT molecular complexity index is 4240. The SMILES string of the molecule is C.CC1=CC(C)(C)Nc2cc3c(cc21)C(c1ccc(C(=O)NCCCCCC(=O)NCCOCCNC(=O)CCCCCNC(=O)c2ccc(C4=c5cc6c(cc5Oc5cc7c(cc54)C(C)=CC(C)(C)N7)=[NH+]C(C)(C)C=C6C)cc2)cc1)=c1cc2c(cc1C3)=[NH+]C(C)(C)C=C2C. The summed E-state index contributed by atoms with van der Waals surface area (Å²) < 4.78 is 12.4. The van der Waals surface area contributed by atoms with Gasteiger partial charge in [0, 0.05) is 140 Å². The van der Waals surface area contributed by atoms with Gasteiger partial charge in [-0.2, -0.15) is 0 Å². The van der Waals surface area contributed by atoms with Crippen LogP contribution in [0.15, 0.2) is 121 Å². The average Bonchev–Trinajstić information content (AvgIpc) is 0.738. The number of carbonyl (C=O) groups excluding carboxylic acids is 4. The van der Waals surface area contributed by atoms with E-state index in [1.54, 1.807) is 0 Å². The number of ether oxygens (including phenoxy) is 2. The summed E-state index contributed by atoms with van der Waals surface area (Å²) in [4.78, 5) is 59.4. The van der Waals surface area contributed by atoms with Crippen molar-refractivity contribution < 1.29 is 38.6 Å². The standard InChI is InChI=1S/C81H92N8O6.CH4/c1-48-44-78(5,6)86-66-36-56-35-57-37-67-59(49(2)45-79(7,8)87-67)39-63(57)74(62(56)38-58(48)66)52-21-25-54(26-22-52)76(92)84-29-17-13-15-19-72(90)82-31-33-94-34-32-83-73(91)20-16-14-18-30-85-77(93)55-27-23-53(24-28-55)75-64-40-60-50(3)46-80(9,10)88-68(60)42-70(64)95-71-43-69-61(41-65(71)75)51(4)47-81(11,12)89-69;/h21-28,36-47,86,88H,13-20,29-35H2,1-12H3,(H,82,90)(H,83,91)(H,84,92)(H,85,93);1H4/p+2. The zero-order chi connectivity index (χ0) is 67.1. The molecule has 0 unspecified atom stereocenters. The Morgan fingerprint density at radius 2 is 0.917 bits per heavy atom. The van der Waals surface area contributed by atoms with Crippen LogP contribution in [0.25, 0.3) is 33.4 Å². The number of rotatable bonds is 22. The third-order valence-corrected chi connectivity index (χ3v) is 19.0. The van der Waals surface area contributed by atoms with E-state index in [4.69, 9.17) is 9.47 Å². The van der Waals surface area contributed by atoms with Crippen LogP contribution in [-0.4, -0.2) is 85.2 Å². The largest absolute Gasteiger partial charge is 0.456 e. The van der Waals surface area contributed by atoms with Crippen LogP contribution in [0, 0.1) is 0 Å². The van der Waals surface area contributed by atoms with Gasteiger partial charge in [-0.05, 0) is 215 Å². The van der Waals surface area contributed by atoms with E-state index in [1.807, 2.05) is 36.4 Å². The highest BCUT2D eigenvalue weighted by Crippen LogP contribution is 2.45. The molecule has 96 heavy (non-hydrogen) atoms. The first-order chi connectivity index (χ1) is 45.3. The Morgan fingerprint density at radius 1 is 0.458 bits per heavy atom. The lowest BCUT2D eigenvalue weighted by atomic mass is 9.79. The van der Waals surface area contributed by atoms with Gasteiger partial charge in [-0.1, -0.05) is 56.7 Å². The molecule has 5 aliphatic heterocycles. The quantitative estimate of drug-likeness (QED) is 0.0309. The van der Waals surface area contributed by atoms with Gasteiger partial charge in [-0.15, -0.1) is 0 Å². The van der Waals surface area contributed by atoms with Crippen molar-refractivity contribution in [3.8, 4) is 11.5 Å². The van der Waals surface area contributed by atoms with Crippen molar-refractivity contribution in [2.75, 3.05) is 50.0 Å². The van der Waals surface area contributed by atoms with Gasteiger partial charge in [0.25, 0.3) is 11.8 Å². The van der Waals surface area contributed by atoms with Crippen molar-refractivity contribution in [1.82, 2.24) is 21.3 Å². The molecule has 0 bridgehead atoms. The summed E-state index contributed by atoms with van der Waals surface area (Å²) in [5.41, 5.74) is 21.5. The summed E-state index contributed by atoms with van der Waals surface area (Å²) in [6.45, 7) is 28.7. The maximum Gasteiger partial charge on any atom is 0.251 e. The van der Waals surface area contributed by atoms with E-state index in [2.05, 4.69) is 210 Å². The Labute approximate surface area is 566 Å². The highest BCUT2D eigenvalue weighted by molar-refractivity contribution is 5.97. The number of allylic oxidation sites excluding steroid dienone is 4. The second-order valence-corrected chi connectivity index (χ2v) is 29.2. The Hall–Kier alpha value is -9.14. The third-order valence-electron chi connectivity index (χ3n) is 19.0. The predicted molar refractivity (Wildman–Crippen MR) is 387 cm³/mol. The summed E-state index contributed by atoms with van der Waals surface area (Å²) in [6, 6.07) is 34.0. The first-order valence-corrected chi connectivity index (χ1v) is 34.2. The van der Waals surface area contributed by atoms with E-state index < -0.39 is 0 Å². The maximum absolute atomic E-state index is 13.4. The van der Waals surface area contributed by atoms with E-state index >= 15 is 0 Å². The molecule has 0 saturated carbocycles. The molecule has 8 N–H and O–H groups in total. The molecule has 6 aromatic rings. The van der Waals surface area contributed by atoms with Crippen molar-refractivity contribution in [2.24, 2.45) is 0 Å². The molecular formula is C82H98N8O6+2. The summed E-state index contributed by atoms with van der Waals surface area (Å²) in [6.07, 6.45) is 15.3. The van der Waals surface area contributed by atoms with Gasteiger partial charge < -0.3 is 41.4 Å². The molecule has 0 aromatic heterocycles. The van der Waals surface area contributed by atoms with Gasteiger partial charge in [-0.25, -0.2) is 9.98 Å². The summed E-state index contributed by atoms with van der Waals surface area (Å²) in [5.74, 6) is 1.24. The average molecular weight is 1290 g/mol. The van der Waals surface area contributed by atoms with Crippen LogP contribution in [0.5, 0.6) is 11.5 Å². The molecule has 4 amide bonds. The molecule has 6 aliphatic rings. The van der Waals surface area contributed by atoms with Crippen molar-refractivity contribution in [3.05, 3.63) is 209 Å². The van der Waals surface area contributed by atoms with Crippen LogP contribution in [0.4, 0.5) is 11.4 Å². The molecule has 0 radical (unpaired) electrons. The molecule has 5 heterocycles. The normalized spacial score (nSPS) is 16.5. The highest BCUT2D eigenvalue weighted by atomic mass is 16.5. The van der Waals surface area contributed by atoms with Crippen LogP contribution >= 0.6 is 0 Å². The van der Waals surface area contributed by atoms with E-state index in [1.165, 1.54) is 60.9 Å². The van der Waals surface area contributed by atoms with Gasteiger partial charge in [0.1, 0.15) is 11.5 Å². The number of benzene rings is 6. The minimum Gasteiger partial charge on any atom is -0.456 e. The smallest absolute Gasteiger partial charge is 0.251 e. The Kier molecular flexibility index (Phi) is 19.6. The van der Waals surface area contributed by atoms with E-state index in [0.717, 1.165) is 104 Å². The van der Waals surface area contributed by atoms with Crippen molar-refractivity contribution in [1.29, 1.82) is 0 Å². The molecule has 14 nitrogen and oxygen atoms in total. The molecule has 6 aromatic carbocycles. The molecule has 1 aliphatic carbocycles. The number of fused-ring (bicyclic) bond motifs is 8. The monoisotopic (exact) mass is 1290 g/mol. The second-order valence-electron chi connectivity index (χ2n) is 29.2. The number of unbranched alkanes of at least 4 members (excludes halogenated alkanes) is 4. The molecular weight excluding hydrogens is 1190 g/mol. The molecule has 0 atom stereocenters. The number of amides is 4. The van der Waals surface area contributed by atoms with Crippen LogP contribution in [-0.2, 0) is 20.7 Å². The minimum atomic E-state index is -0.195. The van der Waals surface area contributed by atoms with Crippen LogP contribution in [0.2, 0.25) is 0 Å². The number of nitrogens with one attached hydrogen (secondary N) is 8. The fourth-order valence-electron chi connectivity index (χ4n) is 14.9. The van der Waals surface area contributed by atoms with Crippen molar-refractivity contribution >= 4 is 68.4 Å². The molecule has 0 spiro atoms. The molecule has 500 valence electrons. The molecule has 0 fully saturated rings. The van der Waals surface area contributed by atoms with E-state index in [-0.39, 0.29) is 53.2 Å². The number of hydrogen-bond donors (Lipinski definition) is 8. The molecule has 14 heteroatoms. The maximum atomic E-state index is 13.4. The van der Waals surface area contributed by atoms with Crippen LogP contribution < -0.4 is 67.8 Å². The predicted octanol–water partition coefficient (Wildman–Crippen LogP) is 9.36. The number of hydrogen-bond acceptors (Lipinski definition) is 8. The molecule has 12 rings (SSSR count). The lowest BCUT2D eigenvalue weighted by Gasteiger charge is -2.33. The lowest BCUT2D eigenvalue weighted by molar-refractivity contribution is -0.568. The van der Waals surface area contributed by atoms with Gasteiger partial charge in [0.2, 0.25) is 22.5 Å². The van der Waals surface area contributed by atoms with Gasteiger partial charge in [0.15, 0.2) is 11.1 Å². The summed E-state index contributed by atoms with van der Waals surface area (Å²) >= 11 is 0. The summed E-state index contributed by atoms with van der Waals surface area (Å²) in [7, 11) is 0. The van der Waals surface area contributed by atoms with Crippen molar-refractivity contribution in [3.63, 3.8) is 0 Å². The Balaban J connectivity index is 0.00000936. The molecule has 0 saturated heterocycles. The third kappa shape index (κ3) is 15.1. The lowest BCUT2D eigenvalue weighted by Crippen LogP contribution is -2.89. The van der Waals surface area contributed by atoms with Gasteiger partial charge in [-0.3, -0.25) is 19.2 Å². The highest BCUT2D eigenvalue weighted by Gasteiger charge is 2.33. The zero-order valence-electron chi connectivity index (χ0n) is 57.6. The Morgan fingerprint density at radius 3 is 1.44 bits per heavy atom.